The van der Waals surface area contributed by atoms with Gasteiger partial charge in [0, 0.05) is 6.07 Å². The van der Waals surface area contributed by atoms with Gasteiger partial charge in [-0.3, -0.25) is 4.79 Å². The first-order chi connectivity index (χ1) is 10.5. The molecule has 0 amide bonds. The number of hydrogen-bond donors (Lipinski definition) is 3. The molecule has 7 nitrogen and oxygen atoms in total. The number of aromatic amines is 1. The van der Waals surface area contributed by atoms with Gasteiger partial charge >= 0.3 is 0 Å². The quantitative estimate of drug-likeness (QED) is 0.494. The SMILES string of the molecule is Cc1cccc2c(=O)[nH]c(CSc3nc(N)cc(N)n3)nc12. The first kappa shape index (κ1) is 14.3. The summed E-state index contributed by atoms with van der Waals surface area (Å²) in [6.45, 7) is 1.92. The molecule has 0 spiro atoms. The Balaban J connectivity index is 1.91. The Morgan fingerprint density at radius 2 is 1.91 bits per heavy atom. The van der Waals surface area contributed by atoms with E-state index in [2.05, 4.69) is 19.9 Å². The average Bonchev–Trinajstić information content (AvgIpc) is 2.45. The fourth-order valence-electron chi connectivity index (χ4n) is 2.08. The highest BCUT2D eigenvalue weighted by Crippen LogP contribution is 2.20. The predicted octanol–water partition coefficient (Wildman–Crippen LogP) is 1.48. The van der Waals surface area contributed by atoms with E-state index in [1.54, 1.807) is 6.07 Å². The van der Waals surface area contributed by atoms with Crippen molar-refractivity contribution in [3.63, 3.8) is 0 Å². The van der Waals surface area contributed by atoms with E-state index in [1.165, 1.54) is 17.8 Å². The van der Waals surface area contributed by atoms with Gasteiger partial charge in [-0.15, -0.1) is 0 Å². The summed E-state index contributed by atoms with van der Waals surface area (Å²) >= 11 is 1.31. The third kappa shape index (κ3) is 2.86. The Kier molecular flexibility index (Phi) is 3.68. The summed E-state index contributed by atoms with van der Waals surface area (Å²) in [6.07, 6.45) is 0. The molecule has 0 aliphatic rings. The van der Waals surface area contributed by atoms with Crippen LogP contribution in [0.25, 0.3) is 10.9 Å². The maximum Gasteiger partial charge on any atom is 0.258 e. The molecule has 0 saturated heterocycles. The molecule has 0 saturated carbocycles. The maximum atomic E-state index is 12.1. The Labute approximate surface area is 130 Å². The molecule has 3 aromatic rings. The summed E-state index contributed by atoms with van der Waals surface area (Å²) in [5.74, 6) is 1.60. The van der Waals surface area contributed by atoms with Gasteiger partial charge in [0.25, 0.3) is 5.56 Å². The number of nitrogens with zero attached hydrogens (tertiary/aromatic N) is 3. The number of hydrogen-bond acceptors (Lipinski definition) is 7. The van der Waals surface area contributed by atoms with Crippen molar-refractivity contribution in [1.29, 1.82) is 0 Å². The summed E-state index contributed by atoms with van der Waals surface area (Å²) in [7, 11) is 0. The van der Waals surface area contributed by atoms with Crippen molar-refractivity contribution >= 4 is 34.3 Å². The Hall–Kier alpha value is -2.61. The number of anilines is 2. The molecule has 0 fully saturated rings. The molecule has 5 N–H and O–H groups in total. The minimum absolute atomic E-state index is 0.155. The Bertz CT molecular complexity index is 887. The minimum Gasteiger partial charge on any atom is -0.383 e. The topological polar surface area (TPSA) is 124 Å². The largest absolute Gasteiger partial charge is 0.383 e. The number of aromatic nitrogens is 4. The van der Waals surface area contributed by atoms with Crippen molar-refractivity contribution in [3.05, 3.63) is 46.0 Å². The van der Waals surface area contributed by atoms with Crippen LogP contribution in [0.5, 0.6) is 0 Å². The molecule has 1 aromatic carbocycles. The number of fused-ring (bicyclic) bond motifs is 1. The van der Waals surface area contributed by atoms with Gasteiger partial charge in [0.1, 0.15) is 17.5 Å². The number of benzene rings is 1. The zero-order valence-corrected chi connectivity index (χ0v) is 12.6. The van der Waals surface area contributed by atoms with Crippen molar-refractivity contribution in [2.24, 2.45) is 0 Å². The fraction of sp³-hybridized carbons (Fsp3) is 0.143. The molecule has 22 heavy (non-hydrogen) atoms. The van der Waals surface area contributed by atoms with Crippen LogP contribution in [-0.4, -0.2) is 19.9 Å². The molecule has 0 unspecified atom stereocenters. The number of para-hydroxylation sites is 1. The molecule has 2 aromatic heterocycles. The minimum atomic E-state index is -0.155. The summed E-state index contributed by atoms with van der Waals surface area (Å²) in [5, 5.41) is 1.03. The zero-order valence-electron chi connectivity index (χ0n) is 11.8. The van der Waals surface area contributed by atoms with Gasteiger partial charge in [0.2, 0.25) is 0 Å². The van der Waals surface area contributed by atoms with E-state index in [0.29, 0.717) is 39.3 Å². The van der Waals surface area contributed by atoms with Crippen LogP contribution in [0.2, 0.25) is 0 Å². The molecule has 2 heterocycles. The van der Waals surface area contributed by atoms with Gasteiger partial charge in [-0.2, -0.15) is 0 Å². The second-order valence-corrected chi connectivity index (χ2v) is 5.72. The van der Waals surface area contributed by atoms with Crippen molar-refractivity contribution in [3.8, 4) is 0 Å². The molecule has 3 rings (SSSR count). The first-order valence-corrected chi connectivity index (χ1v) is 7.53. The third-order valence-electron chi connectivity index (χ3n) is 3.07. The van der Waals surface area contributed by atoms with Crippen LogP contribution in [0.4, 0.5) is 11.6 Å². The first-order valence-electron chi connectivity index (χ1n) is 6.54. The van der Waals surface area contributed by atoms with Crippen LogP contribution >= 0.6 is 11.8 Å². The lowest BCUT2D eigenvalue weighted by Crippen LogP contribution is -2.12. The molecule has 0 bridgehead atoms. The Morgan fingerprint density at radius 1 is 1.18 bits per heavy atom. The van der Waals surface area contributed by atoms with Gasteiger partial charge in [-0.05, 0) is 18.6 Å². The zero-order chi connectivity index (χ0) is 15.7. The number of nitrogen functional groups attached to an aromatic ring is 2. The van der Waals surface area contributed by atoms with Crippen molar-refractivity contribution < 1.29 is 0 Å². The standard InChI is InChI=1S/C14H14N6OS/c1-7-3-2-4-8-12(7)19-11(20-13(8)21)6-22-14-17-9(15)5-10(16)18-14/h2-5H,6H2,1H3,(H,19,20,21)(H4,15,16,17,18). The molecule has 0 aliphatic heterocycles. The number of rotatable bonds is 3. The van der Waals surface area contributed by atoms with Crippen LogP contribution in [0.3, 0.4) is 0 Å². The molecule has 0 atom stereocenters. The highest BCUT2D eigenvalue weighted by atomic mass is 32.2. The second kappa shape index (κ2) is 5.64. The lowest BCUT2D eigenvalue weighted by Gasteiger charge is -2.05. The van der Waals surface area contributed by atoms with E-state index in [0.717, 1.165) is 5.56 Å². The number of H-pyrrole nitrogens is 1. The van der Waals surface area contributed by atoms with E-state index < -0.39 is 0 Å². The van der Waals surface area contributed by atoms with E-state index in [4.69, 9.17) is 11.5 Å². The number of aryl methyl sites for hydroxylation is 1. The van der Waals surface area contributed by atoms with Gasteiger partial charge in [0.05, 0.1) is 16.7 Å². The lowest BCUT2D eigenvalue weighted by molar-refractivity contribution is 0.973. The number of nitrogens with one attached hydrogen (secondary N) is 1. The van der Waals surface area contributed by atoms with E-state index in [-0.39, 0.29) is 5.56 Å². The lowest BCUT2D eigenvalue weighted by atomic mass is 10.1. The normalized spacial score (nSPS) is 11.0. The van der Waals surface area contributed by atoms with Gasteiger partial charge in [0.15, 0.2) is 5.16 Å². The smallest absolute Gasteiger partial charge is 0.258 e. The highest BCUT2D eigenvalue weighted by Gasteiger charge is 2.08. The maximum absolute atomic E-state index is 12.1. The van der Waals surface area contributed by atoms with Crippen LogP contribution < -0.4 is 17.0 Å². The number of thioether (sulfide) groups is 1. The van der Waals surface area contributed by atoms with Gasteiger partial charge in [-0.1, -0.05) is 23.9 Å². The molecular weight excluding hydrogens is 300 g/mol. The summed E-state index contributed by atoms with van der Waals surface area (Å²) in [5.41, 5.74) is 12.8. The summed E-state index contributed by atoms with van der Waals surface area (Å²) < 4.78 is 0. The second-order valence-electron chi connectivity index (χ2n) is 4.77. The third-order valence-corrected chi connectivity index (χ3v) is 3.93. The average molecular weight is 314 g/mol. The van der Waals surface area contributed by atoms with Gasteiger partial charge < -0.3 is 16.5 Å². The molecule has 8 heteroatoms. The molecule has 0 radical (unpaired) electrons. The highest BCUT2D eigenvalue weighted by molar-refractivity contribution is 7.98. The van der Waals surface area contributed by atoms with E-state index in [1.807, 2.05) is 19.1 Å². The monoisotopic (exact) mass is 314 g/mol. The van der Waals surface area contributed by atoms with E-state index in [9.17, 15) is 4.79 Å². The van der Waals surface area contributed by atoms with Crippen molar-refractivity contribution in [2.75, 3.05) is 11.5 Å². The van der Waals surface area contributed by atoms with Crippen LogP contribution in [0, 0.1) is 6.92 Å². The molecular formula is C14H14N6OS. The summed E-state index contributed by atoms with van der Waals surface area (Å²) in [4.78, 5) is 27.5. The summed E-state index contributed by atoms with van der Waals surface area (Å²) in [6, 6.07) is 7.01. The molecule has 112 valence electrons. The van der Waals surface area contributed by atoms with Crippen molar-refractivity contribution in [1.82, 2.24) is 19.9 Å². The van der Waals surface area contributed by atoms with Crippen LogP contribution in [0.1, 0.15) is 11.4 Å². The predicted molar refractivity (Wildman–Crippen MR) is 87.5 cm³/mol. The van der Waals surface area contributed by atoms with Crippen LogP contribution in [0.15, 0.2) is 34.2 Å². The fourth-order valence-corrected chi connectivity index (χ4v) is 2.82. The molecule has 0 aliphatic carbocycles. The Morgan fingerprint density at radius 3 is 2.64 bits per heavy atom. The number of nitrogens with two attached hydrogens (primary N) is 2. The van der Waals surface area contributed by atoms with Crippen LogP contribution in [-0.2, 0) is 5.75 Å². The van der Waals surface area contributed by atoms with Crippen molar-refractivity contribution in [2.45, 2.75) is 17.8 Å². The van der Waals surface area contributed by atoms with Gasteiger partial charge in [-0.25, -0.2) is 15.0 Å². The van der Waals surface area contributed by atoms with E-state index >= 15 is 0 Å².